The summed E-state index contributed by atoms with van der Waals surface area (Å²) >= 11 is 0. The predicted octanol–water partition coefficient (Wildman–Crippen LogP) is 2.03. The van der Waals surface area contributed by atoms with Gasteiger partial charge in [-0.05, 0) is 12.1 Å². The second-order valence-corrected chi connectivity index (χ2v) is 1.93. The lowest BCUT2D eigenvalue weighted by Crippen LogP contribution is -1.78. The van der Waals surface area contributed by atoms with Gasteiger partial charge in [-0.2, -0.15) is 0 Å². The monoisotopic (exact) mass is 205 g/mol. The van der Waals surface area contributed by atoms with Crippen molar-refractivity contribution in [3.8, 4) is 0 Å². The van der Waals surface area contributed by atoms with Gasteiger partial charge in [0.1, 0.15) is 0 Å². The Balaban J connectivity index is 0.000000640. The van der Waals surface area contributed by atoms with Crippen LogP contribution in [0.1, 0.15) is 5.69 Å². The van der Waals surface area contributed by atoms with E-state index < -0.39 is 0 Å². The maximum Gasteiger partial charge on any atom is 0.0441 e. The van der Waals surface area contributed by atoms with Crippen LogP contribution in [0, 0.1) is 0 Å². The fourth-order valence-corrected chi connectivity index (χ4v) is 0.760. The van der Waals surface area contributed by atoms with Gasteiger partial charge in [-0.15, -0.1) is 26.2 Å². The number of rotatable bonds is 1. The zero-order valence-corrected chi connectivity index (χ0v) is 7.82. The highest BCUT2D eigenvalue weighted by Gasteiger charge is 1.81. The predicted molar refractivity (Wildman–Crippen MR) is 48.0 cm³/mol. The highest BCUT2D eigenvalue weighted by Crippen LogP contribution is 1.98. The molecule has 0 radical (unpaired) electrons. The molecule has 0 saturated heterocycles. The first-order valence-corrected chi connectivity index (χ1v) is 3.35. The first-order valence-electron chi connectivity index (χ1n) is 2.53. The molecule has 0 amide bonds. The van der Waals surface area contributed by atoms with Crippen LogP contribution < -0.4 is 0 Å². The third-order valence-corrected chi connectivity index (χ3v) is 1.35. The Kier molecular flexibility index (Phi) is 4.93. The second-order valence-electron chi connectivity index (χ2n) is 1.53. The lowest BCUT2D eigenvalue weighted by atomic mass is 10.4. The van der Waals surface area contributed by atoms with Crippen LogP contribution in [0.25, 0.3) is 0 Å². The number of aromatic nitrogens is 1. The average Bonchev–Trinajstić information content (AvgIpc) is 1.90. The minimum Gasteiger partial charge on any atom is -0.261 e. The number of hydrogen-bond acceptors (Lipinski definition) is 1. The Bertz CT molecular complexity index is 154. The SMILES string of the molecule is Br.PCc1ccccn1. The van der Waals surface area contributed by atoms with Crippen LogP contribution in [0.15, 0.2) is 24.4 Å². The van der Waals surface area contributed by atoms with Gasteiger partial charge in [0.2, 0.25) is 0 Å². The number of halogens is 1. The Morgan fingerprint density at radius 2 is 2.22 bits per heavy atom. The highest BCUT2D eigenvalue weighted by atomic mass is 79.9. The van der Waals surface area contributed by atoms with Gasteiger partial charge in [0.05, 0.1) is 0 Å². The van der Waals surface area contributed by atoms with E-state index in [4.69, 9.17) is 0 Å². The molecule has 0 aromatic carbocycles. The molecular weight excluding hydrogens is 197 g/mol. The molecule has 0 bridgehead atoms. The fraction of sp³-hybridized carbons (Fsp3) is 0.167. The maximum atomic E-state index is 4.08. The van der Waals surface area contributed by atoms with Crippen LogP contribution in [-0.2, 0) is 6.16 Å². The molecule has 1 heterocycles. The van der Waals surface area contributed by atoms with Crippen molar-refractivity contribution in [1.29, 1.82) is 0 Å². The van der Waals surface area contributed by atoms with Crippen molar-refractivity contribution in [3.63, 3.8) is 0 Å². The Morgan fingerprint density at radius 1 is 1.44 bits per heavy atom. The second kappa shape index (κ2) is 4.89. The van der Waals surface area contributed by atoms with E-state index in [0.29, 0.717) is 0 Å². The number of nitrogens with zero attached hydrogens (tertiary/aromatic N) is 1. The zero-order chi connectivity index (χ0) is 5.82. The summed E-state index contributed by atoms with van der Waals surface area (Å²) < 4.78 is 0. The summed E-state index contributed by atoms with van der Waals surface area (Å²) in [6.07, 6.45) is 2.75. The Morgan fingerprint density at radius 3 is 2.56 bits per heavy atom. The van der Waals surface area contributed by atoms with E-state index in [1.165, 1.54) is 0 Å². The molecule has 0 N–H and O–H groups in total. The van der Waals surface area contributed by atoms with Gasteiger partial charge in [-0.3, -0.25) is 4.98 Å². The summed E-state index contributed by atoms with van der Waals surface area (Å²) in [6.45, 7) is 0. The van der Waals surface area contributed by atoms with Crippen molar-refractivity contribution in [2.24, 2.45) is 0 Å². The molecule has 0 aliphatic rings. The van der Waals surface area contributed by atoms with E-state index in [2.05, 4.69) is 14.2 Å². The third-order valence-electron chi connectivity index (χ3n) is 0.935. The summed E-state index contributed by atoms with van der Waals surface area (Å²) in [7, 11) is 2.63. The fourth-order valence-electron chi connectivity index (χ4n) is 0.519. The molecule has 0 spiro atoms. The molecule has 9 heavy (non-hydrogen) atoms. The average molecular weight is 206 g/mol. The Labute approximate surface area is 67.9 Å². The quantitative estimate of drug-likeness (QED) is 0.640. The molecule has 1 rings (SSSR count). The summed E-state index contributed by atoms with van der Waals surface area (Å²) in [5.41, 5.74) is 1.12. The van der Waals surface area contributed by atoms with Crippen molar-refractivity contribution in [2.45, 2.75) is 6.16 Å². The normalized spacial score (nSPS) is 8.11. The summed E-state index contributed by atoms with van der Waals surface area (Å²) in [5.74, 6) is 0. The molecule has 3 heteroatoms. The first kappa shape index (κ1) is 9.06. The molecule has 1 unspecified atom stereocenters. The number of pyridine rings is 1. The molecule has 0 saturated carbocycles. The summed E-state index contributed by atoms with van der Waals surface area (Å²) in [5, 5.41) is 0. The molecule has 1 aromatic heterocycles. The highest BCUT2D eigenvalue weighted by molar-refractivity contribution is 8.93. The standard InChI is InChI=1S/C6H8NP.BrH/c8-5-6-3-1-2-4-7-6;/h1-4H,5,8H2;1H. The van der Waals surface area contributed by atoms with Gasteiger partial charge in [-0.1, -0.05) is 6.07 Å². The van der Waals surface area contributed by atoms with Crippen molar-refractivity contribution in [3.05, 3.63) is 30.1 Å². The third kappa shape index (κ3) is 2.92. The number of hydrogen-bond donors (Lipinski definition) is 0. The smallest absolute Gasteiger partial charge is 0.0441 e. The van der Waals surface area contributed by atoms with E-state index >= 15 is 0 Å². The van der Waals surface area contributed by atoms with Gasteiger partial charge in [0, 0.05) is 18.1 Å². The van der Waals surface area contributed by atoms with Gasteiger partial charge in [-0.25, -0.2) is 0 Å². The van der Waals surface area contributed by atoms with E-state index in [1.807, 2.05) is 18.2 Å². The first-order chi connectivity index (χ1) is 3.93. The molecule has 1 aromatic rings. The van der Waals surface area contributed by atoms with Crippen molar-refractivity contribution < 1.29 is 0 Å². The zero-order valence-electron chi connectivity index (χ0n) is 4.95. The Hall–Kier alpha value is 0.0600. The maximum absolute atomic E-state index is 4.08. The van der Waals surface area contributed by atoms with Gasteiger partial charge in [0.25, 0.3) is 0 Å². The largest absolute Gasteiger partial charge is 0.261 e. The van der Waals surface area contributed by atoms with Crippen LogP contribution in [0.2, 0.25) is 0 Å². The van der Waals surface area contributed by atoms with E-state index in [1.54, 1.807) is 6.20 Å². The van der Waals surface area contributed by atoms with Crippen LogP contribution in [0.3, 0.4) is 0 Å². The van der Waals surface area contributed by atoms with E-state index in [9.17, 15) is 0 Å². The molecule has 1 atom stereocenters. The van der Waals surface area contributed by atoms with Crippen molar-refractivity contribution in [2.75, 3.05) is 0 Å². The topological polar surface area (TPSA) is 12.9 Å². The molecule has 0 aliphatic carbocycles. The lowest BCUT2D eigenvalue weighted by molar-refractivity contribution is 1.18. The summed E-state index contributed by atoms with van der Waals surface area (Å²) in [6, 6.07) is 5.92. The molecular formula is C6H9BrNP. The summed E-state index contributed by atoms with van der Waals surface area (Å²) in [4.78, 5) is 4.08. The molecule has 50 valence electrons. The van der Waals surface area contributed by atoms with Crippen molar-refractivity contribution >= 4 is 26.2 Å². The van der Waals surface area contributed by atoms with Crippen LogP contribution in [-0.4, -0.2) is 4.98 Å². The lowest BCUT2D eigenvalue weighted by Gasteiger charge is -1.88. The van der Waals surface area contributed by atoms with E-state index in [-0.39, 0.29) is 17.0 Å². The van der Waals surface area contributed by atoms with Gasteiger partial charge >= 0.3 is 0 Å². The molecule has 0 aliphatic heterocycles. The van der Waals surface area contributed by atoms with E-state index in [0.717, 1.165) is 11.9 Å². The van der Waals surface area contributed by atoms with Crippen molar-refractivity contribution in [1.82, 2.24) is 4.98 Å². The minimum atomic E-state index is 0. The minimum absolute atomic E-state index is 0. The van der Waals surface area contributed by atoms with Crippen LogP contribution in [0.5, 0.6) is 0 Å². The molecule has 0 fully saturated rings. The molecule has 1 nitrogen and oxygen atoms in total. The van der Waals surface area contributed by atoms with Crippen LogP contribution >= 0.6 is 26.2 Å². The van der Waals surface area contributed by atoms with Gasteiger partial charge in [0.15, 0.2) is 0 Å². The van der Waals surface area contributed by atoms with Crippen LogP contribution in [0.4, 0.5) is 0 Å². The van der Waals surface area contributed by atoms with Gasteiger partial charge < -0.3 is 0 Å².